The van der Waals surface area contributed by atoms with E-state index in [-0.39, 0.29) is 29.9 Å². The van der Waals surface area contributed by atoms with Crippen LogP contribution < -0.4 is 0 Å². The Morgan fingerprint density at radius 2 is 1.43 bits per heavy atom. The fourth-order valence-electron chi connectivity index (χ4n) is 5.45. The van der Waals surface area contributed by atoms with Gasteiger partial charge in [0, 0.05) is 4.90 Å². The minimum atomic E-state index is -2.08. The molecule has 2 aliphatic rings. The molecule has 5 atom stereocenters. The van der Waals surface area contributed by atoms with Gasteiger partial charge in [-0.15, -0.1) is 0 Å². The normalized spacial score (nSPS) is 31.5. The van der Waals surface area contributed by atoms with Crippen LogP contribution >= 0.6 is 11.8 Å². The SMILES string of the molecule is CC(C)[Si](O[C@H]1[C@@H]2OC(C)(C)O[C@@H]2[C@@H](Sc2ccccc2)O[C@@H]1C)(C(C)C)C(C)C. The second-order valence-electron chi connectivity index (χ2n) is 10.1. The zero-order valence-corrected chi connectivity index (χ0v) is 21.9. The first-order valence-corrected chi connectivity index (χ1v) is 14.4. The Bertz CT molecular complexity index is 672. The molecule has 30 heavy (non-hydrogen) atoms. The molecule has 0 saturated carbocycles. The molecule has 1 aromatic rings. The zero-order valence-electron chi connectivity index (χ0n) is 20.0. The maximum Gasteiger partial charge on any atom is 0.201 e. The van der Waals surface area contributed by atoms with Gasteiger partial charge in [0.1, 0.15) is 23.7 Å². The molecule has 3 rings (SSSR count). The lowest BCUT2D eigenvalue weighted by molar-refractivity contribution is -0.156. The largest absolute Gasteiger partial charge is 0.408 e. The van der Waals surface area contributed by atoms with Crippen LogP contribution in [0.1, 0.15) is 62.3 Å². The molecular formula is C24H40O4SSi. The molecule has 0 N–H and O–H groups in total. The van der Waals surface area contributed by atoms with Crippen LogP contribution in [0.4, 0.5) is 0 Å². The number of hydrogen-bond acceptors (Lipinski definition) is 5. The highest BCUT2D eigenvalue weighted by Gasteiger charge is 2.58. The van der Waals surface area contributed by atoms with Gasteiger partial charge < -0.3 is 18.6 Å². The smallest absolute Gasteiger partial charge is 0.201 e. The summed E-state index contributed by atoms with van der Waals surface area (Å²) in [6, 6.07) is 10.4. The number of fused-ring (bicyclic) bond motifs is 1. The summed E-state index contributed by atoms with van der Waals surface area (Å²) < 4.78 is 26.6. The van der Waals surface area contributed by atoms with Crippen LogP contribution in [0.15, 0.2) is 35.2 Å². The van der Waals surface area contributed by atoms with Crippen molar-refractivity contribution in [2.75, 3.05) is 0 Å². The monoisotopic (exact) mass is 452 g/mol. The van der Waals surface area contributed by atoms with Crippen LogP contribution in [0.5, 0.6) is 0 Å². The first kappa shape index (κ1) is 24.3. The van der Waals surface area contributed by atoms with E-state index in [4.69, 9.17) is 18.6 Å². The lowest BCUT2D eigenvalue weighted by Gasteiger charge is -2.49. The fraction of sp³-hybridized carbons (Fsp3) is 0.750. The van der Waals surface area contributed by atoms with Crippen molar-refractivity contribution in [1.29, 1.82) is 0 Å². The van der Waals surface area contributed by atoms with Gasteiger partial charge >= 0.3 is 0 Å². The second-order valence-corrected chi connectivity index (χ2v) is 16.7. The maximum atomic E-state index is 7.18. The van der Waals surface area contributed by atoms with Crippen LogP contribution in [0.25, 0.3) is 0 Å². The van der Waals surface area contributed by atoms with E-state index in [9.17, 15) is 0 Å². The third-order valence-corrected chi connectivity index (χ3v) is 13.9. The molecule has 6 heteroatoms. The van der Waals surface area contributed by atoms with Gasteiger partial charge in [0.25, 0.3) is 0 Å². The van der Waals surface area contributed by atoms with E-state index in [2.05, 4.69) is 72.7 Å². The third kappa shape index (κ3) is 4.69. The average molecular weight is 453 g/mol. The van der Waals surface area contributed by atoms with Crippen LogP contribution in [-0.2, 0) is 18.6 Å². The van der Waals surface area contributed by atoms with Crippen LogP contribution in [0.3, 0.4) is 0 Å². The quantitative estimate of drug-likeness (QED) is 0.435. The molecule has 170 valence electrons. The molecular weight excluding hydrogens is 412 g/mol. The van der Waals surface area contributed by atoms with Crippen molar-refractivity contribution in [2.45, 2.75) is 119 Å². The summed E-state index contributed by atoms with van der Waals surface area (Å²) in [5.74, 6) is -0.641. The van der Waals surface area contributed by atoms with Crippen molar-refractivity contribution in [3.05, 3.63) is 30.3 Å². The number of rotatable bonds is 7. The Labute approximate surface area is 188 Å². The summed E-state index contributed by atoms with van der Waals surface area (Å²) in [4.78, 5) is 1.18. The highest BCUT2D eigenvalue weighted by atomic mass is 32.2. The molecule has 1 aromatic carbocycles. The van der Waals surface area contributed by atoms with E-state index >= 15 is 0 Å². The molecule has 0 bridgehead atoms. The highest BCUT2D eigenvalue weighted by Crippen LogP contribution is 2.48. The van der Waals surface area contributed by atoms with Crippen molar-refractivity contribution < 1.29 is 18.6 Å². The molecule has 2 fully saturated rings. The summed E-state index contributed by atoms with van der Waals surface area (Å²) >= 11 is 1.71. The minimum absolute atomic E-state index is 0.0620. The van der Waals surface area contributed by atoms with Crippen LogP contribution in [-0.4, -0.2) is 44.0 Å². The predicted molar refractivity (Wildman–Crippen MR) is 126 cm³/mol. The minimum Gasteiger partial charge on any atom is -0.408 e. The first-order chi connectivity index (χ1) is 14.0. The molecule has 0 radical (unpaired) electrons. The Kier molecular flexibility index (Phi) is 7.48. The summed E-state index contributed by atoms with van der Waals surface area (Å²) in [6.07, 6.45) is -0.478. The van der Waals surface area contributed by atoms with Gasteiger partial charge in [0.05, 0.1) is 6.10 Å². The topological polar surface area (TPSA) is 36.9 Å². The van der Waals surface area contributed by atoms with Crippen molar-refractivity contribution in [3.63, 3.8) is 0 Å². The van der Waals surface area contributed by atoms with Gasteiger partial charge in [-0.05, 0) is 49.5 Å². The van der Waals surface area contributed by atoms with E-state index in [1.807, 2.05) is 19.9 Å². The average Bonchev–Trinajstić information content (AvgIpc) is 2.97. The van der Waals surface area contributed by atoms with Crippen molar-refractivity contribution >= 4 is 20.1 Å². The van der Waals surface area contributed by atoms with E-state index in [0.29, 0.717) is 16.6 Å². The predicted octanol–water partition coefficient (Wildman–Crippen LogP) is 6.60. The van der Waals surface area contributed by atoms with Crippen molar-refractivity contribution in [2.24, 2.45) is 0 Å². The Morgan fingerprint density at radius 1 is 0.900 bits per heavy atom. The van der Waals surface area contributed by atoms with Crippen LogP contribution in [0, 0.1) is 0 Å². The zero-order chi connectivity index (χ0) is 22.3. The third-order valence-electron chi connectivity index (χ3n) is 6.61. The molecule has 0 spiro atoms. The van der Waals surface area contributed by atoms with Gasteiger partial charge in [-0.3, -0.25) is 0 Å². The highest BCUT2D eigenvalue weighted by molar-refractivity contribution is 7.99. The molecule has 2 saturated heterocycles. The van der Waals surface area contributed by atoms with E-state index in [0.717, 1.165) is 0 Å². The Balaban J connectivity index is 1.90. The molecule has 0 aliphatic carbocycles. The second kappa shape index (κ2) is 9.24. The van der Waals surface area contributed by atoms with Crippen molar-refractivity contribution in [1.82, 2.24) is 0 Å². The van der Waals surface area contributed by atoms with Gasteiger partial charge in [0.15, 0.2) is 5.79 Å². The van der Waals surface area contributed by atoms with Gasteiger partial charge in [-0.1, -0.05) is 71.5 Å². The molecule has 0 unspecified atom stereocenters. The maximum absolute atomic E-state index is 7.18. The standard InChI is InChI=1S/C24H40O4SSi/c1-15(2)30(16(3)4,17(5)6)28-20-18(7)25-23(29-19-13-11-10-12-14-19)22-21(20)26-24(8,9)27-22/h10-18,20-23H,1-9H3/t18-,20-,21+,22+,23-/m1/s1. The summed E-state index contributed by atoms with van der Waals surface area (Å²) in [7, 11) is -2.08. The number of hydrogen-bond donors (Lipinski definition) is 0. The molecule has 0 amide bonds. The number of benzene rings is 1. The molecule has 2 heterocycles. The van der Waals surface area contributed by atoms with E-state index < -0.39 is 14.1 Å². The molecule has 2 aliphatic heterocycles. The van der Waals surface area contributed by atoms with E-state index in [1.54, 1.807) is 11.8 Å². The number of ether oxygens (including phenoxy) is 3. The molecule has 0 aromatic heterocycles. The Hall–Kier alpha value is -0.373. The van der Waals surface area contributed by atoms with Crippen molar-refractivity contribution in [3.8, 4) is 0 Å². The number of thioether (sulfide) groups is 1. The van der Waals surface area contributed by atoms with Gasteiger partial charge in [0.2, 0.25) is 8.32 Å². The van der Waals surface area contributed by atoms with Gasteiger partial charge in [-0.2, -0.15) is 0 Å². The lowest BCUT2D eigenvalue weighted by atomic mass is 10.0. The summed E-state index contributed by atoms with van der Waals surface area (Å²) in [6.45, 7) is 20.1. The lowest BCUT2D eigenvalue weighted by Crippen LogP contribution is -2.61. The fourth-order valence-corrected chi connectivity index (χ4v) is 12.2. The summed E-state index contributed by atoms with van der Waals surface area (Å²) in [5, 5.41) is 0. The van der Waals surface area contributed by atoms with E-state index in [1.165, 1.54) is 4.90 Å². The molecule has 4 nitrogen and oxygen atoms in total. The van der Waals surface area contributed by atoms with Gasteiger partial charge in [-0.25, -0.2) is 0 Å². The Morgan fingerprint density at radius 3 is 1.97 bits per heavy atom. The summed E-state index contributed by atoms with van der Waals surface area (Å²) in [5.41, 5.74) is 1.40. The first-order valence-electron chi connectivity index (χ1n) is 11.4. The van der Waals surface area contributed by atoms with Crippen LogP contribution in [0.2, 0.25) is 16.6 Å².